The number of amides is 1. The van der Waals surface area contributed by atoms with Gasteiger partial charge < -0.3 is 9.64 Å². The number of hydrogen-bond donors (Lipinski definition) is 1. The molecule has 1 aromatic carbocycles. The van der Waals surface area contributed by atoms with Crippen molar-refractivity contribution in [2.24, 2.45) is 0 Å². The van der Waals surface area contributed by atoms with Gasteiger partial charge in [-0.1, -0.05) is 0 Å². The summed E-state index contributed by atoms with van der Waals surface area (Å²) in [6, 6.07) is 5.36. The summed E-state index contributed by atoms with van der Waals surface area (Å²) in [4.78, 5) is 17.2. The van der Waals surface area contributed by atoms with Gasteiger partial charge in [-0.25, -0.2) is 13.1 Å². The minimum absolute atomic E-state index is 0.0643. The largest absolute Gasteiger partial charge is 0.379 e. The molecule has 1 fully saturated rings. The first-order chi connectivity index (χ1) is 13.4. The molecule has 2 aliphatic heterocycles. The molecule has 0 spiro atoms. The Morgan fingerprint density at radius 2 is 2.04 bits per heavy atom. The fourth-order valence-corrected chi connectivity index (χ4v) is 5.58. The normalized spacial score (nSPS) is 19.7. The highest BCUT2D eigenvalue weighted by Crippen LogP contribution is 2.35. The maximum absolute atomic E-state index is 12.8. The summed E-state index contributed by atoms with van der Waals surface area (Å²) in [6.07, 6.45) is 1.62. The number of morpholine rings is 1. The molecule has 0 saturated carbocycles. The molecule has 1 saturated heterocycles. The minimum atomic E-state index is -3.62. The van der Waals surface area contributed by atoms with Crippen molar-refractivity contribution in [2.45, 2.75) is 42.5 Å². The molecule has 0 unspecified atom stereocenters. The zero-order valence-corrected chi connectivity index (χ0v) is 18.2. The Bertz CT molecular complexity index is 794. The van der Waals surface area contributed by atoms with E-state index in [2.05, 4.69) is 16.5 Å². The molecule has 0 aromatic heterocycles. The molecule has 0 bridgehead atoms. The van der Waals surface area contributed by atoms with Crippen LogP contribution in [-0.4, -0.2) is 70.4 Å². The molecular formula is C19H29N3O4S2. The summed E-state index contributed by atoms with van der Waals surface area (Å²) in [5.74, 6) is 0.853. The monoisotopic (exact) mass is 427 g/mol. The number of sulfonamides is 1. The van der Waals surface area contributed by atoms with Crippen LogP contribution in [0.2, 0.25) is 0 Å². The molecule has 1 amide bonds. The van der Waals surface area contributed by atoms with Crippen molar-refractivity contribution in [2.75, 3.05) is 50.0 Å². The van der Waals surface area contributed by atoms with Crippen LogP contribution in [0.1, 0.15) is 26.7 Å². The number of ether oxygens (including phenoxy) is 1. The van der Waals surface area contributed by atoms with E-state index in [-0.39, 0.29) is 10.8 Å². The number of fused-ring (bicyclic) bond motifs is 1. The molecule has 1 N–H and O–H groups in total. The molecule has 7 nitrogen and oxygen atoms in total. The van der Waals surface area contributed by atoms with Gasteiger partial charge in [-0.2, -0.15) is 0 Å². The standard InChI is InChI=1S/C19H29N3O4S2/c1-15(21-9-11-26-12-10-21)6-7-20-28(24,25)17-4-5-19-18(14-17)22(16(2)23)8-3-13-27-19/h4-5,14-15,20H,3,6-13H2,1-2H3/t15-/m1/s1. The van der Waals surface area contributed by atoms with Gasteiger partial charge in [0.1, 0.15) is 0 Å². The molecule has 1 atom stereocenters. The van der Waals surface area contributed by atoms with Crippen LogP contribution >= 0.6 is 11.8 Å². The maximum Gasteiger partial charge on any atom is 0.240 e. The molecule has 0 radical (unpaired) electrons. The Balaban J connectivity index is 1.67. The van der Waals surface area contributed by atoms with E-state index in [9.17, 15) is 13.2 Å². The van der Waals surface area contributed by atoms with Crippen LogP contribution < -0.4 is 9.62 Å². The highest BCUT2D eigenvalue weighted by molar-refractivity contribution is 7.99. The summed E-state index contributed by atoms with van der Waals surface area (Å²) in [7, 11) is -3.62. The number of rotatable bonds is 6. The SMILES string of the molecule is CC(=O)N1CCCSc2ccc(S(=O)(=O)NCC[C@@H](C)N3CCOCC3)cc21. The molecule has 0 aliphatic carbocycles. The first-order valence-electron chi connectivity index (χ1n) is 9.75. The van der Waals surface area contributed by atoms with Crippen molar-refractivity contribution in [1.29, 1.82) is 0 Å². The third-order valence-corrected chi connectivity index (χ3v) is 7.83. The lowest BCUT2D eigenvalue weighted by molar-refractivity contribution is -0.116. The van der Waals surface area contributed by atoms with Gasteiger partial charge in [0.2, 0.25) is 15.9 Å². The Morgan fingerprint density at radius 1 is 1.29 bits per heavy atom. The van der Waals surface area contributed by atoms with Crippen LogP contribution in [0, 0.1) is 0 Å². The predicted octanol–water partition coefficient (Wildman–Crippen LogP) is 1.92. The van der Waals surface area contributed by atoms with Gasteiger partial charge in [-0.15, -0.1) is 11.8 Å². The second-order valence-electron chi connectivity index (χ2n) is 7.19. The maximum atomic E-state index is 12.8. The van der Waals surface area contributed by atoms with E-state index in [0.29, 0.717) is 24.8 Å². The van der Waals surface area contributed by atoms with E-state index >= 15 is 0 Å². The fraction of sp³-hybridized carbons (Fsp3) is 0.632. The van der Waals surface area contributed by atoms with E-state index in [1.54, 1.807) is 28.8 Å². The Morgan fingerprint density at radius 3 is 2.75 bits per heavy atom. The predicted molar refractivity (Wildman–Crippen MR) is 111 cm³/mol. The van der Waals surface area contributed by atoms with Crippen LogP contribution in [0.3, 0.4) is 0 Å². The summed E-state index contributed by atoms with van der Waals surface area (Å²) in [5.41, 5.74) is 0.694. The van der Waals surface area contributed by atoms with Crippen LogP contribution in [0.15, 0.2) is 28.0 Å². The van der Waals surface area contributed by atoms with E-state index < -0.39 is 10.0 Å². The zero-order valence-electron chi connectivity index (χ0n) is 16.5. The van der Waals surface area contributed by atoms with Gasteiger partial charge in [0.15, 0.2) is 0 Å². The van der Waals surface area contributed by atoms with Gasteiger partial charge >= 0.3 is 0 Å². The van der Waals surface area contributed by atoms with Crippen molar-refractivity contribution in [1.82, 2.24) is 9.62 Å². The minimum Gasteiger partial charge on any atom is -0.379 e. The van der Waals surface area contributed by atoms with Crippen molar-refractivity contribution in [3.8, 4) is 0 Å². The molecule has 28 heavy (non-hydrogen) atoms. The Hall–Kier alpha value is -1.13. The van der Waals surface area contributed by atoms with Gasteiger partial charge in [0.25, 0.3) is 0 Å². The van der Waals surface area contributed by atoms with Crippen molar-refractivity contribution in [3.05, 3.63) is 18.2 Å². The van der Waals surface area contributed by atoms with Crippen LogP contribution in [-0.2, 0) is 19.6 Å². The number of anilines is 1. The first kappa shape index (κ1) is 21.6. The van der Waals surface area contributed by atoms with Gasteiger partial charge in [0.05, 0.1) is 23.8 Å². The molecule has 1 aromatic rings. The Labute approximate surface area is 171 Å². The summed E-state index contributed by atoms with van der Waals surface area (Å²) >= 11 is 1.66. The topological polar surface area (TPSA) is 79.0 Å². The van der Waals surface area contributed by atoms with Gasteiger partial charge in [-0.05, 0) is 43.7 Å². The van der Waals surface area contributed by atoms with E-state index in [1.165, 1.54) is 6.92 Å². The van der Waals surface area contributed by atoms with Crippen LogP contribution in [0.5, 0.6) is 0 Å². The second kappa shape index (κ2) is 9.58. The molecule has 2 heterocycles. The van der Waals surface area contributed by atoms with E-state index in [1.807, 2.05) is 6.07 Å². The number of nitrogens with one attached hydrogen (secondary N) is 1. The third kappa shape index (κ3) is 5.27. The molecule has 3 rings (SSSR count). The van der Waals surface area contributed by atoms with Crippen LogP contribution in [0.25, 0.3) is 0 Å². The van der Waals surface area contributed by atoms with Crippen molar-refractivity contribution in [3.63, 3.8) is 0 Å². The molecule has 9 heteroatoms. The first-order valence-corrected chi connectivity index (χ1v) is 12.2. The molecule has 2 aliphatic rings. The van der Waals surface area contributed by atoms with E-state index in [4.69, 9.17) is 4.74 Å². The van der Waals surface area contributed by atoms with E-state index in [0.717, 1.165) is 49.8 Å². The number of carbonyl (C=O) groups excluding carboxylic acids is 1. The highest BCUT2D eigenvalue weighted by atomic mass is 32.2. The molecular weight excluding hydrogens is 398 g/mol. The number of carbonyl (C=O) groups is 1. The summed E-state index contributed by atoms with van der Waals surface area (Å²) < 4.78 is 33.6. The smallest absolute Gasteiger partial charge is 0.240 e. The lowest BCUT2D eigenvalue weighted by Gasteiger charge is -2.32. The fourth-order valence-electron chi connectivity index (χ4n) is 3.54. The third-order valence-electron chi connectivity index (χ3n) is 5.22. The van der Waals surface area contributed by atoms with Gasteiger partial charge in [-0.3, -0.25) is 9.69 Å². The van der Waals surface area contributed by atoms with Crippen LogP contribution in [0.4, 0.5) is 5.69 Å². The quantitative estimate of drug-likeness (QED) is 0.747. The number of nitrogens with zero attached hydrogens (tertiary/aromatic N) is 2. The number of benzene rings is 1. The highest BCUT2D eigenvalue weighted by Gasteiger charge is 2.23. The van der Waals surface area contributed by atoms with Crippen molar-refractivity contribution < 1.29 is 17.9 Å². The van der Waals surface area contributed by atoms with Gasteiger partial charge in [0, 0.05) is 44.0 Å². The number of thioether (sulfide) groups is 1. The second-order valence-corrected chi connectivity index (χ2v) is 10.1. The lowest BCUT2D eigenvalue weighted by atomic mass is 10.2. The lowest BCUT2D eigenvalue weighted by Crippen LogP contribution is -2.43. The Kier molecular flexibility index (Phi) is 7.38. The average molecular weight is 428 g/mol. The molecule has 156 valence electrons. The zero-order chi connectivity index (χ0) is 20.1. The summed E-state index contributed by atoms with van der Waals surface area (Å²) in [5, 5.41) is 0. The summed E-state index contributed by atoms with van der Waals surface area (Å²) in [6.45, 7) is 7.86. The average Bonchev–Trinajstić information content (AvgIpc) is 2.90. The van der Waals surface area contributed by atoms with Crippen molar-refractivity contribution >= 4 is 33.4 Å². The number of hydrogen-bond acceptors (Lipinski definition) is 6.